The summed E-state index contributed by atoms with van der Waals surface area (Å²) in [6, 6.07) is 14.5. The van der Waals surface area contributed by atoms with Crippen molar-refractivity contribution >= 4 is 34.6 Å². The van der Waals surface area contributed by atoms with Crippen molar-refractivity contribution < 1.29 is 0 Å². The van der Waals surface area contributed by atoms with E-state index in [1.807, 2.05) is 30.3 Å². The van der Waals surface area contributed by atoms with Crippen molar-refractivity contribution in [1.29, 1.82) is 0 Å². The van der Waals surface area contributed by atoms with Crippen LogP contribution in [0.4, 0.5) is 11.4 Å². The minimum absolute atomic E-state index is 0.532. The van der Waals surface area contributed by atoms with Crippen molar-refractivity contribution in [2.24, 2.45) is 10.2 Å². The average Bonchev–Trinajstić information content (AvgIpc) is 2.32. The third-order valence-electron chi connectivity index (χ3n) is 1.94. The smallest absolute Gasteiger partial charge is 0.106 e. The highest BCUT2D eigenvalue weighted by molar-refractivity contribution is 6.35. The van der Waals surface area contributed by atoms with E-state index in [-0.39, 0.29) is 0 Å². The van der Waals surface area contributed by atoms with Crippen LogP contribution < -0.4 is 0 Å². The number of hydrogen-bond acceptors (Lipinski definition) is 2. The first-order chi connectivity index (χ1) is 7.75. The Labute approximate surface area is 104 Å². The lowest BCUT2D eigenvalue weighted by atomic mass is 10.3. The third kappa shape index (κ3) is 2.81. The van der Waals surface area contributed by atoms with Gasteiger partial charge in [0.15, 0.2) is 0 Å². The molecule has 0 saturated heterocycles. The maximum Gasteiger partial charge on any atom is 0.106 e. The highest BCUT2D eigenvalue weighted by Gasteiger charge is 1.99. The fraction of sp³-hybridized carbons (Fsp3) is 0. The topological polar surface area (TPSA) is 24.7 Å². The second kappa shape index (κ2) is 5.10. The first-order valence-electron chi connectivity index (χ1n) is 4.67. The molecule has 0 saturated carbocycles. The van der Waals surface area contributed by atoms with E-state index in [1.54, 1.807) is 18.2 Å². The summed E-state index contributed by atoms with van der Waals surface area (Å²) in [6.07, 6.45) is 0. The van der Waals surface area contributed by atoms with Crippen LogP contribution in [-0.4, -0.2) is 0 Å². The maximum atomic E-state index is 5.95. The SMILES string of the molecule is Clc1ccc(Cl)c(N=Nc2ccccc2)c1. The summed E-state index contributed by atoms with van der Waals surface area (Å²) in [5, 5.41) is 9.23. The molecule has 0 N–H and O–H groups in total. The summed E-state index contributed by atoms with van der Waals surface area (Å²) in [6.45, 7) is 0. The molecule has 0 aliphatic rings. The highest BCUT2D eigenvalue weighted by Crippen LogP contribution is 2.29. The number of azo groups is 1. The van der Waals surface area contributed by atoms with E-state index in [1.165, 1.54) is 0 Å². The summed E-state index contributed by atoms with van der Waals surface area (Å²) in [5.74, 6) is 0. The largest absolute Gasteiger partial charge is 0.151 e. The van der Waals surface area contributed by atoms with Gasteiger partial charge >= 0.3 is 0 Å². The lowest BCUT2D eigenvalue weighted by Crippen LogP contribution is -1.68. The van der Waals surface area contributed by atoms with E-state index in [0.29, 0.717) is 15.7 Å². The molecule has 0 amide bonds. The Morgan fingerprint density at radius 1 is 0.812 bits per heavy atom. The van der Waals surface area contributed by atoms with Gasteiger partial charge in [-0.3, -0.25) is 0 Å². The van der Waals surface area contributed by atoms with Crippen molar-refractivity contribution in [3.05, 3.63) is 58.6 Å². The zero-order valence-corrected chi connectivity index (χ0v) is 9.78. The van der Waals surface area contributed by atoms with Gasteiger partial charge in [0.2, 0.25) is 0 Å². The number of hydrogen-bond donors (Lipinski definition) is 0. The first kappa shape index (κ1) is 11.1. The Bertz CT molecular complexity index is 510. The summed E-state index contributed by atoms with van der Waals surface area (Å²) in [4.78, 5) is 0. The molecule has 2 rings (SSSR count). The molecule has 0 aromatic heterocycles. The second-order valence-electron chi connectivity index (χ2n) is 3.13. The van der Waals surface area contributed by atoms with Gasteiger partial charge in [-0.15, -0.1) is 5.11 Å². The Kier molecular flexibility index (Phi) is 3.54. The van der Waals surface area contributed by atoms with Crippen molar-refractivity contribution in [3.63, 3.8) is 0 Å². The molecule has 0 spiro atoms. The Morgan fingerprint density at radius 2 is 1.56 bits per heavy atom. The van der Waals surface area contributed by atoms with E-state index in [0.717, 1.165) is 5.69 Å². The van der Waals surface area contributed by atoms with Gasteiger partial charge in [-0.1, -0.05) is 41.4 Å². The molecule has 0 unspecified atom stereocenters. The van der Waals surface area contributed by atoms with Crippen LogP contribution in [0.1, 0.15) is 0 Å². The average molecular weight is 251 g/mol. The molecule has 0 aliphatic carbocycles. The van der Waals surface area contributed by atoms with Gasteiger partial charge in [0, 0.05) is 5.02 Å². The van der Waals surface area contributed by atoms with Crippen LogP contribution in [0.5, 0.6) is 0 Å². The summed E-state index contributed by atoms with van der Waals surface area (Å²) >= 11 is 11.8. The number of benzene rings is 2. The molecule has 80 valence electrons. The number of halogens is 2. The van der Waals surface area contributed by atoms with Crippen LogP contribution in [0, 0.1) is 0 Å². The lowest BCUT2D eigenvalue weighted by molar-refractivity contribution is 1.23. The molecule has 0 bridgehead atoms. The van der Waals surface area contributed by atoms with E-state index >= 15 is 0 Å². The zero-order chi connectivity index (χ0) is 11.4. The fourth-order valence-electron chi connectivity index (χ4n) is 1.17. The molecule has 2 aromatic carbocycles. The van der Waals surface area contributed by atoms with Crippen molar-refractivity contribution in [2.75, 3.05) is 0 Å². The van der Waals surface area contributed by atoms with Crippen LogP contribution in [0.3, 0.4) is 0 Å². The molecule has 4 heteroatoms. The lowest BCUT2D eigenvalue weighted by Gasteiger charge is -1.97. The van der Waals surface area contributed by atoms with E-state index in [9.17, 15) is 0 Å². The van der Waals surface area contributed by atoms with Gasteiger partial charge in [0.05, 0.1) is 10.7 Å². The Balaban J connectivity index is 2.27. The van der Waals surface area contributed by atoms with Crippen LogP contribution >= 0.6 is 23.2 Å². The molecule has 0 heterocycles. The molecule has 0 fully saturated rings. The molecular weight excluding hydrogens is 243 g/mol. The first-order valence-corrected chi connectivity index (χ1v) is 5.43. The predicted molar refractivity (Wildman–Crippen MR) is 67.1 cm³/mol. The van der Waals surface area contributed by atoms with Crippen LogP contribution in [-0.2, 0) is 0 Å². The minimum atomic E-state index is 0.532. The van der Waals surface area contributed by atoms with Gasteiger partial charge in [-0.05, 0) is 30.3 Å². The van der Waals surface area contributed by atoms with Crippen molar-refractivity contribution in [2.45, 2.75) is 0 Å². The third-order valence-corrected chi connectivity index (χ3v) is 2.49. The number of rotatable bonds is 2. The van der Waals surface area contributed by atoms with E-state index in [2.05, 4.69) is 10.2 Å². The molecule has 2 aromatic rings. The molecule has 0 radical (unpaired) electrons. The molecule has 2 nitrogen and oxygen atoms in total. The quantitative estimate of drug-likeness (QED) is 0.637. The van der Waals surface area contributed by atoms with Gasteiger partial charge in [0.1, 0.15) is 5.69 Å². The summed E-state index contributed by atoms with van der Waals surface area (Å²) < 4.78 is 0. The van der Waals surface area contributed by atoms with Crippen LogP contribution in [0.25, 0.3) is 0 Å². The molecule has 0 atom stereocenters. The summed E-state index contributed by atoms with van der Waals surface area (Å²) in [7, 11) is 0. The molecular formula is C12H8Cl2N2. The molecule has 0 aliphatic heterocycles. The van der Waals surface area contributed by atoms with E-state index in [4.69, 9.17) is 23.2 Å². The highest BCUT2D eigenvalue weighted by atomic mass is 35.5. The predicted octanol–water partition coefficient (Wildman–Crippen LogP) is 5.41. The number of nitrogens with zero attached hydrogens (tertiary/aromatic N) is 2. The van der Waals surface area contributed by atoms with Crippen molar-refractivity contribution in [3.8, 4) is 0 Å². The fourth-order valence-corrected chi connectivity index (χ4v) is 1.49. The summed E-state index contributed by atoms with van der Waals surface area (Å²) in [5.41, 5.74) is 1.34. The molecule has 16 heavy (non-hydrogen) atoms. The minimum Gasteiger partial charge on any atom is -0.151 e. The van der Waals surface area contributed by atoms with Gasteiger partial charge in [-0.2, -0.15) is 5.11 Å². The van der Waals surface area contributed by atoms with Crippen LogP contribution in [0.2, 0.25) is 10.0 Å². The zero-order valence-electron chi connectivity index (χ0n) is 8.27. The Morgan fingerprint density at radius 3 is 2.31 bits per heavy atom. The van der Waals surface area contributed by atoms with Gasteiger partial charge in [-0.25, -0.2) is 0 Å². The standard InChI is InChI=1S/C12H8Cl2N2/c13-9-6-7-11(14)12(8-9)16-15-10-4-2-1-3-5-10/h1-8H. The van der Waals surface area contributed by atoms with Gasteiger partial charge < -0.3 is 0 Å². The monoisotopic (exact) mass is 250 g/mol. The van der Waals surface area contributed by atoms with E-state index < -0.39 is 0 Å². The van der Waals surface area contributed by atoms with Crippen LogP contribution in [0.15, 0.2) is 58.8 Å². The van der Waals surface area contributed by atoms with Crippen molar-refractivity contribution in [1.82, 2.24) is 0 Å². The normalized spacial score (nSPS) is 10.9. The Hall–Kier alpha value is -1.38. The maximum absolute atomic E-state index is 5.95. The second-order valence-corrected chi connectivity index (χ2v) is 3.97. The van der Waals surface area contributed by atoms with Gasteiger partial charge in [0.25, 0.3) is 0 Å².